The molecule has 1 saturated heterocycles. The van der Waals surface area contributed by atoms with E-state index < -0.39 is 6.04 Å². The number of rotatable bonds is 1. The van der Waals surface area contributed by atoms with Crippen molar-refractivity contribution in [2.75, 3.05) is 6.61 Å². The summed E-state index contributed by atoms with van der Waals surface area (Å²) in [5.41, 5.74) is 6.42. The minimum atomic E-state index is -0.590. The third-order valence-corrected chi connectivity index (χ3v) is 1.68. The van der Waals surface area contributed by atoms with E-state index in [0.717, 1.165) is 0 Å². The van der Waals surface area contributed by atoms with Crippen LogP contribution in [0.1, 0.15) is 13.8 Å². The molecule has 0 radical (unpaired) electrons. The van der Waals surface area contributed by atoms with Gasteiger partial charge in [-0.15, -0.1) is 0 Å². The number of esters is 1. The van der Waals surface area contributed by atoms with Crippen LogP contribution in [0.3, 0.4) is 0 Å². The molecule has 1 N–H and O–H groups in total. The standard InChI is InChI=1S/C6H10N2O2/c1-6(2)3-10-5(9)4(6)8-7/h4,7H,3H2,1-2H3/t4-/m1/s1. The second-order valence-electron chi connectivity index (χ2n) is 3.13. The average Bonchev–Trinajstić information content (AvgIpc) is 2.07. The first-order chi connectivity index (χ1) is 4.58. The zero-order valence-electron chi connectivity index (χ0n) is 6.05. The maximum atomic E-state index is 10.8. The maximum Gasteiger partial charge on any atom is 0.333 e. The number of ether oxygens (including phenoxy) is 1. The second-order valence-corrected chi connectivity index (χ2v) is 3.13. The fraction of sp³-hybridized carbons (Fsp3) is 0.833. The van der Waals surface area contributed by atoms with Crippen molar-refractivity contribution >= 4 is 5.97 Å². The zero-order chi connectivity index (χ0) is 7.78. The molecule has 4 heteroatoms. The van der Waals surface area contributed by atoms with E-state index in [4.69, 9.17) is 10.3 Å². The molecule has 10 heavy (non-hydrogen) atoms. The van der Waals surface area contributed by atoms with Crippen LogP contribution in [0.5, 0.6) is 0 Å². The minimum Gasteiger partial charge on any atom is -0.463 e. The number of carbonyl (C=O) groups excluding carboxylic acids is 1. The Morgan fingerprint density at radius 3 is 2.60 bits per heavy atom. The maximum absolute atomic E-state index is 10.8. The summed E-state index contributed by atoms with van der Waals surface area (Å²) in [4.78, 5) is 10.8. The summed E-state index contributed by atoms with van der Waals surface area (Å²) in [6, 6.07) is -0.590. The van der Waals surface area contributed by atoms with E-state index in [1.165, 1.54) is 0 Å². The molecule has 1 rings (SSSR count). The monoisotopic (exact) mass is 142 g/mol. The summed E-state index contributed by atoms with van der Waals surface area (Å²) in [6.07, 6.45) is 0. The fourth-order valence-corrected chi connectivity index (χ4v) is 0.961. The van der Waals surface area contributed by atoms with Gasteiger partial charge < -0.3 is 4.74 Å². The van der Waals surface area contributed by atoms with E-state index in [9.17, 15) is 4.79 Å². The minimum absolute atomic E-state index is 0.293. The highest BCUT2D eigenvalue weighted by atomic mass is 16.5. The molecule has 0 aliphatic carbocycles. The summed E-state index contributed by atoms with van der Waals surface area (Å²) in [5, 5.41) is 3.20. The van der Waals surface area contributed by atoms with Gasteiger partial charge in [0.25, 0.3) is 0 Å². The molecular formula is C6H10N2O2. The van der Waals surface area contributed by atoms with Crippen LogP contribution in [-0.4, -0.2) is 18.6 Å². The number of hydrogen-bond donors (Lipinski definition) is 1. The van der Waals surface area contributed by atoms with E-state index >= 15 is 0 Å². The van der Waals surface area contributed by atoms with Gasteiger partial charge in [-0.2, -0.15) is 5.11 Å². The predicted octanol–water partition coefficient (Wildman–Crippen LogP) is 0.969. The van der Waals surface area contributed by atoms with Crippen molar-refractivity contribution in [3.05, 3.63) is 0 Å². The highest BCUT2D eigenvalue weighted by Crippen LogP contribution is 2.30. The van der Waals surface area contributed by atoms with Crippen molar-refractivity contribution < 1.29 is 9.53 Å². The van der Waals surface area contributed by atoms with Gasteiger partial charge in [0.15, 0.2) is 6.04 Å². The molecule has 4 nitrogen and oxygen atoms in total. The molecule has 1 atom stereocenters. The van der Waals surface area contributed by atoms with Gasteiger partial charge in [-0.05, 0) is 0 Å². The lowest BCUT2D eigenvalue weighted by atomic mass is 9.88. The van der Waals surface area contributed by atoms with Gasteiger partial charge in [0.1, 0.15) is 0 Å². The third-order valence-electron chi connectivity index (χ3n) is 1.68. The number of nitrogens with one attached hydrogen (secondary N) is 1. The normalized spacial score (nSPS) is 29.8. The van der Waals surface area contributed by atoms with E-state index in [0.29, 0.717) is 6.61 Å². The highest BCUT2D eigenvalue weighted by Gasteiger charge is 2.43. The summed E-state index contributed by atoms with van der Waals surface area (Å²) in [7, 11) is 0. The van der Waals surface area contributed by atoms with Crippen LogP contribution in [-0.2, 0) is 9.53 Å². The zero-order valence-corrected chi connectivity index (χ0v) is 6.05. The Morgan fingerprint density at radius 1 is 1.80 bits per heavy atom. The van der Waals surface area contributed by atoms with Gasteiger partial charge in [-0.1, -0.05) is 13.8 Å². The second kappa shape index (κ2) is 2.04. The topological polar surface area (TPSA) is 62.5 Å². The van der Waals surface area contributed by atoms with Crippen LogP contribution < -0.4 is 0 Å². The van der Waals surface area contributed by atoms with Gasteiger partial charge in [0.05, 0.1) is 6.61 Å². The molecule has 1 heterocycles. The van der Waals surface area contributed by atoms with Crippen LogP contribution >= 0.6 is 0 Å². The number of hydrogen-bond acceptors (Lipinski definition) is 4. The van der Waals surface area contributed by atoms with Gasteiger partial charge >= 0.3 is 5.97 Å². The lowest BCUT2D eigenvalue weighted by Gasteiger charge is -2.15. The summed E-state index contributed by atoms with van der Waals surface area (Å²) >= 11 is 0. The number of cyclic esters (lactones) is 1. The lowest BCUT2D eigenvalue weighted by Crippen LogP contribution is -2.27. The molecular weight excluding hydrogens is 132 g/mol. The Kier molecular flexibility index (Phi) is 1.46. The quantitative estimate of drug-likeness (QED) is 0.438. The van der Waals surface area contributed by atoms with E-state index in [1.54, 1.807) is 0 Å². The molecule has 1 aliphatic heterocycles. The van der Waals surface area contributed by atoms with Crippen LogP contribution in [0.4, 0.5) is 0 Å². The molecule has 0 aromatic carbocycles. The highest BCUT2D eigenvalue weighted by molar-refractivity contribution is 5.78. The SMILES string of the molecule is CC1(C)COC(=O)[C@H]1N=N. The summed E-state index contributed by atoms with van der Waals surface area (Å²) < 4.78 is 4.72. The third kappa shape index (κ3) is 0.894. The molecule has 0 aromatic rings. The van der Waals surface area contributed by atoms with Crippen LogP contribution in [0.2, 0.25) is 0 Å². The van der Waals surface area contributed by atoms with Crippen molar-refractivity contribution in [2.24, 2.45) is 10.5 Å². The first-order valence-corrected chi connectivity index (χ1v) is 3.11. The van der Waals surface area contributed by atoms with E-state index in [2.05, 4.69) is 5.11 Å². The van der Waals surface area contributed by atoms with Gasteiger partial charge in [0, 0.05) is 5.41 Å². The van der Waals surface area contributed by atoms with Crippen LogP contribution in [0.25, 0.3) is 0 Å². The molecule has 0 unspecified atom stereocenters. The van der Waals surface area contributed by atoms with Crippen molar-refractivity contribution in [1.29, 1.82) is 5.53 Å². The molecule has 56 valence electrons. The van der Waals surface area contributed by atoms with Crippen molar-refractivity contribution in [2.45, 2.75) is 19.9 Å². The fourth-order valence-electron chi connectivity index (χ4n) is 0.961. The van der Waals surface area contributed by atoms with Crippen molar-refractivity contribution in [1.82, 2.24) is 0 Å². The Balaban J connectivity index is 2.82. The van der Waals surface area contributed by atoms with Crippen molar-refractivity contribution in [3.8, 4) is 0 Å². The van der Waals surface area contributed by atoms with Crippen LogP contribution in [0, 0.1) is 10.9 Å². The molecule has 0 spiro atoms. The smallest absolute Gasteiger partial charge is 0.333 e. The first-order valence-electron chi connectivity index (χ1n) is 3.11. The van der Waals surface area contributed by atoms with Gasteiger partial charge in [-0.3, -0.25) is 0 Å². The Bertz CT molecular complexity index is 177. The summed E-state index contributed by atoms with van der Waals surface area (Å²) in [6.45, 7) is 4.10. The Labute approximate surface area is 59.1 Å². The Hall–Kier alpha value is -0.930. The van der Waals surface area contributed by atoms with E-state index in [1.807, 2.05) is 13.8 Å². The molecule has 0 amide bonds. The molecule has 0 aromatic heterocycles. The molecule has 1 fully saturated rings. The first kappa shape index (κ1) is 7.18. The van der Waals surface area contributed by atoms with Gasteiger partial charge in [0.2, 0.25) is 0 Å². The lowest BCUT2D eigenvalue weighted by molar-refractivity contribution is -0.139. The van der Waals surface area contributed by atoms with E-state index in [-0.39, 0.29) is 11.4 Å². The largest absolute Gasteiger partial charge is 0.463 e. The Morgan fingerprint density at radius 2 is 2.40 bits per heavy atom. The van der Waals surface area contributed by atoms with Crippen LogP contribution in [0.15, 0.2) is 5.11 Å². The number of carbonyl (C=O) groups is 1. The molecule has 0 bridgehead atoms. The molecule has 1 aliphatic rings. The van der Waals surface area contributed by atoms with Gasteiger partial charge in [-0.25, -0.2) is 10.3 Å². The summed E-state index contributed by atoms with van der Waals surface area (Å²) in [5.74, 6) is -0.375. The molecule has 0 saturated carbocycles. The predicted molar refractivity (Wildman–Crippen MR) is 33.7 cm³/mol. The van der Waals surface area contributed by atoms with Crippen molar-refractivity contribution in [3.63, 3.8) is 0 Å². The average molecular weight is 142 g/mol. The number of nitrogens with zero attached hydrogens (tertiary/aromatic N) is 1.